The maximum atomic E-state index is 14.1. The minimum Gasteiger partial charge on any atom is -0.366 e. The molecule has 0 fully saturated rings. The fourth-order valence-electron chi connectivity index (χ4n) is 5.27. The zero-order chi connectivity index (χ0) is 28.7. The van der Waals surface area contributed by atoms with Crippen molar-refractivity contribution in [3.05, 3.63) is 133 Å². The fraction of sp³-hybridized carbons (Fsp3) is 0.129. The number of halogens is 1. The summed E-state index contributed by atoms with van der Waals surface area (Å²) in [5.41, 5.74) is 10.6. The Hall–Kier alpha value is -5.01. The molecule has 202 valence electrons. The summed E-state index contributed by atoms with van der Waals surface area (Å²) >= 11 is 3.34. The van der Waals surface area contributed by atoms with E-state index >= 15 is 0 Å². The second-order valence-electron chi connectivity index (χ2n) is 9.83. The Kier molecular flexibility index (Phi) is 6.73. The highest BCUT2D eigenvalue weighted by Gasteiger charge is 2.29. The first-order valence-corrected chi connectivity index (χ1v) is 13.7. The molecule has 0 aliphatic carbocycles. The summed E-state index contributed by atoms with van der Waals surface area (Å²) in [5, 5.41) is 14.1. The number of primary amides is 1. The molecule has 3 heterocycles. The number of nitrogens with zero attached hydrogens (tertiary/aromatic N) is 5. The van der Waals surface area contributed by atoms with Crippen molar-refractivity contribution in [2.45, 2.75) is 19.4 Å². The third-order valence-electron chi connectivity index (χ3n) is 7.33. The van der Waals surface area contributed by atoms with Crippen molar-refractivity contribution in [1.29, 1.82) is 5.26 Å². The Balaban J connectivity index is 1.49. The van der Waals surface area contributed by atoms with Gasteiger partial charge in [0.25, 0.3) is 11.5 Å². The van der Waals surface area contributed by atoms with Crippen LogP contribution in [0.1, 0.15) is 48.7 Å². The minimum atomic E-state index is -0.550. The van der Waals surface area contributed by atoms with Crippen LogP contribution in [0.5, 0.6) is 0 Å². The van der Waals surface area contributed by atoms with E-state index in [9.17, 15) is 19.6 Å². The number of amides is 2. The molecule has 2 amide bonds. The summed E-state index contributed by atoms with van der Waals surface area (Å²) in [4.78, 5) is 40.9. The highest BCUT2D eigenvalue weighted by molar-refractivity contribution is 9.10. The van der Waals surface area contributed by atoms with Gasteiger partial charge in [-0.2, -0.15) is 10.4 Å². The molecule has 3 aromatic carbocycles. The number of nitriles is 1. The zero-order valence-corrected chi connectivity index (χ0v) is 23.3. The van der Waals surface area contributed by atoms with E-state index in [1.165, 1.54) is 0 Å². The Labute approximate surface area is 243 Å². The van der Waals surface area contributed by atoms with Gasteiger partial charge in [0.05, 0.1) is 29.7 Å². The van der Waals surface area contributed by atoms with Crippen LogP contribution >= 0.6 is 15.9 Å². The Morgan fingerprint density at radius 3 is 2.46 bits per heavy atom. The lowest BCUT2D eigenvalue weighted by Crippen LogP contribution is -2.41. The average molecular weight is 607 g/mol. The molecule has 10 heteroatoms. The van der Waals surface area contributed by atoms with Crippen LogP contribution in [0, 0.1) is 11.3 Å². The average Bonchev–Trinajstić information content (AvgIpc) is 3.40. The fourth-order valence-corrected chi connectivity index (χ4v) is 5.60. The van der Waals surface area contributed by atoms with E-state index in [1.54, 1.807) is 62.6 Å². The van der Waals surface area contributed by atoms with Crippen LogP contribution in [0.4, 0.5) is 0 Å². The molecule has 1 aliphatic heterocycles. The molecule has 0 spiro atoms. The van der Waals surface area contributed by atoms with E-state index in [1.807, 2.05) is 30.3 Å². The number of hydrogen-bond acceptors (Lipinski definition) is 5. The number of fused-ring (bicyclic) bond motifs is 3. The molecule has 0 saturated carbocycles. The Morgan fingerprint density at radius 2 is 1.76 bits per heavy atom. The molecule has 0 atom stereocenters. The van der Waals surface area contributed by atoms with Gasteiger partial charge < -0.3 is 10.6 Å². The van der Waals surface area contributed by atoms with Crippen molar-refractivity contribution >= 4 is 33.4 Å². The maximum absolute atomic E-state index is 14.1. The van der Waals surface area contributed by atoms with Gasteiger partial charge in [-0.3, -0.25) is 19.0 Å². The summed E-state index contributed by atoms with van der Waals surface area (Å²) in [6.07, 6.45) is 2.64. The van der Waals surface area contributed by atoms with Gasteiger partial charge in [-0.15, -0.1) is 0 Å². The topological polar surface area (TPSA) is 126 Å². The van der Waals surface area contributed by atoms with Crippen LogP contribution in [-0.2, 0) is 19.4 Å². The molecule has 0 radical (unpaired) electrons. The molecule has 0 saturated heterocycles. The third-order valence-corrected chi connectivity index (χ3v) is 8.03. The van der Waals surface area contributed by atoms with E-state index in [-0.39, 0.29) is 18.0 Å². The third kappa shape index (κ3) is 4.70. The molecule has 9 nitrogen and oxygen atoms in total. The molecule has 2 N–H and O–H groups in total. The van der Waals surface area contributed by atoms with Gasteiger partial charge in [0.2, 0.25) is 5.91 Å². The van der Waals surface area contributed by atoms with Crippen molar-refractivity contribution in [1.82, 2.24) is 19.1 Å². The standard InChI is InChI=1S/C31H23BrN6O3/c32-26-11-8-21(15-22(26)16-33)30(40)36-13-12-25-27(18-36)38-29(23(17-35-38)14-19-4-2-1-3-5-19)37(31(25)41)24-9-6-20(7-10-24)28(34)39/h1-11,15,17H,12-14,18H2,(H2,34,39). The van der Waals surface area contributed by atoms with E-state index < -0.39 is 5.91 Å². The largest absolute Gasteiger partial charge is 0.366 e. The number of benzene rings is 3. The van der Waals surface area contributed by atoms with Crippen molar-refractivity contribution in [2.75, 3.05) is 6.54 Å². The second kappa shape index (κ2) is 10.5. The first kappa shape index (κ1) is 26.2. The van der Waals surface area contributed by atoms with Crippen LogP contribution < -0.4 is 11.3 Å². The molecule has 5 aromatic rings. The summed E-state index contributed by atoms with van der Waals surface area (Å²) < 4.78 is 3.99. The normalized spacial score (nSPS) is 12.6. The monoisotopic (exact) mass is 606 g/mol. The molecule has 0 bridgehead atoms. The van der Waals surface area contributed by atoms with Gasteiger partial charge >= 0.3 is 0 Å². The smallest absolute Gasteiger partial charge is 0.261 e. The predicted octanol–water partition coefficient (Wildman–Crippen LogP) is 4.01. The summed E-state index contributed by atoms with van der Waals surface area (Å²) in [7, 11) is 0. The van der Waals surface area contributed by atoms with Crippen LogP contribution in [0.25, 0.3) is 11.3 Å². The van der Waals surface area contributed by atoms with E-state index in [0.29, 0.717) is 63.1 Å². The summed E-state index contributed by atoms with van der Waals surface area (Å²) in [6.45, 7) is 0.523. The van der Waals surface area contributed by atoms with Gasteiger partial charge in [-0.25, -0.2) is 4.52 Å². The van der Waals surface area contributed by atoms with Crippen molar-refractivity contribution < 1.29 is 9.59 Å². The van der Waals surface area contributed by atoms with Crippen LogP contribution in [0.2, 0.25) is 0 Å². The van der Waals surface area contributed by atoms with Gasteiger partial charge in [0.1, 0.15) is 11.7 Å². The molecule has 0 unspecified atom stereocenters. The predicted molar refractivity (Wildman–Crippen MR) is 156 cm³/mol. The number of aromatic nitrogens is 3. The van der Waals surface area contributed by atoms with Gasteiger partial charge in [-0.05, 0) is 70.4 Å². The van der Waals surface area contributed by atoms with Crippen LogP contribution in [0.3, 0.4) is 0 Å². The lowest BCUT2D eigenvalue weighted by Gasteiger charge is -2.30. The van der Waals surface area contributed by atoms with Gasteiger partial charge in [0, 0.05) is 39.7 Å². The summed E-state index contributed by atoms with van der Waals surface area (Å²) in [5.74, 6) is -0.776. The molecule has 6 rings (SSSR count). The minimum absolute atomic E-state index is 0.186. The van der Waals surface area contributed by atoms with Crippen molar-refractivity contribution in [3.63, 3.8) is 0 Å². The van der Waals surface area contributed by atoms with Crippen molar-refractivity contribution in [2.24, 2.45) is 5.73 Å². The second-order valence-corrected chi connectivity index (χ2v) is 10.7. The number of carbonyl (C=O) groups is 2. The highest BCUT2D eigenvalue weighted by atomic mass is 79.9. The molecule has 41 heavy (non-hydrogen) atoms. The summed E-state index contributed by atoms with van der Waals surface area (Å²) in [6, 6.07) is 23.5. The lowest BCUT2D eigenvalue weighted by atomic mass is 10.0. The lowest BCUT2D eigenvalue weighted by molar-refractivity contribution is 0.0729. The van der Waals surface area contributed by atoms with E-state index in [2.05, 4.69) is 22.0 Å². The zero-order valence-electron chi connectivity index (χ0n) is 21.8. The molecular weight excluding hydrogens is 584 g/mol. The van der Waals surface area contributed by atoms with E-state index in [4.69, 9.17) is 10.8 Å². The number of rotatable bonds is 5. The van der Waals surface area contributed by atoms with Crippen LogP contribution in [-0.4, -0.2) is 37.4 Å². The van der Waals surface area contributed by atoms with E-state index in [0.717, 1.165) is 11.1 Å². The molecule has 1 aliphatic rings. The number of nitrogens with two attached hydrogens (primary N) is 1. The Morgan fingerprint density at radius 1 is 1.02 bits per heavy atom. The molecular formula is C31H23BrN6O3. The number of hydrogen-bond donors (Lipinski definition) is 1. The molecule has 2 aromatic heterocycles. The maximum Gasteiger partial charge on any atom is 0.261 e. The quantitative estimate of drug-likeness (QED) is 0.323. The van der Waals surface area contributed by atoms with Crippen molar-refractivity contribution in [3.8, 4) is 11.8 Å². The highest BCUT2D eigenvalue weighted by Crippen LogP contribution is 2.26. The first-order valence-electron chi connectivity index (χ1n) is 12.9. The Bertz CT molecular complexity index is 1940. The van der Waals surface area contributed by atoms with Crippen LogP contribution in [0.15, 0.2) is 88.3 Å². The first-order chi connectivity index (χ1) is 19.9. The SMILES string of the molecule is N#Cc1cc(C(=O)N2CCc3c(n4ncc(Cc5ccccc5)c4n(-c4ccc(C(N)=O)cc4)c3=O)C2)ccc1Br. The van der Waals surface area contributed by atoms with Gasteiger partial charge in [-0.1, -0.05) is 30.3 Å². The number of carbonyl (C=O) groups excluding carboxylic acids is 2. The van der Waals surface area contributed by atoms with Gasteiger partial charge in [0.15, 0.2) is 0 Å².